The van der Waals surface area contributed by atoms with Gasteiger partial charge in [0, 0.05) is 22.5 Å². The van der Waals surface area contributed by atoms with E-state index in [0.29, 0.717) is 0 Å². The van der Waals surface area contributed by atoms with Gasteiger partial charge in [0.25, 0.3) is 0 Å². The lowest BCUT2D eigenvalue weighted by molar-refractivity contribution is 0.353. The SMILES string of the molecule is CC1(C)c2ccccc2-c2ccccc2C1(c1ccccc1)c1ccc(N(c2ccccc2)c2cccc(-c3ccccc3)c2)cc1. The highest BCUT2D eigenvalue weighted by molar-refractivity contribution is 5.83. The van der Waals surface area contributed by atoms with Gasteiger partial charge in [0.05, 0.1) is 5.41 Å². The van der Waals surface area contributed by atoms with E-state index in [-0.39, 0.29) is 5.41 Å². The average molecular weight is 604 g/mol. The van der Waals surface area contributed by atoms with Gasteiger partial charge in [-0.05, 0) is 80.9 Å². The average Bonchev–Trinajstić information content (AvgIpc) is 3.14. The van der Waals surface area contributed by atoms with E-state index in [1.807, 2.05) is 0 Å². The molecule has 0 amide bonds. The Morgan fingerprint density at radius 2 is 0.830 bits per heavy atom. The Morgan fingerprint density at radius 3 is 1.51 bits per heavy atom. The van der Waals surface area contributed by atoms with Crippen molar-refractivity contribution in [3.05, 3.63) is 210 Å². The quantitative estimate of drug-likeness (QED) is 0.183. The molecule has 47 heavy (non-hydrogen) atoms. The first-order chi connectivity index (χ1) is 23.1. The summed E-state index contributed by atoms with van der Waals surface area (Å²) in [7, 11) is 0. The van der Waals surface area contributed by atoms with Crippen molar-refractivity contribution in [2.45, 2.75) is 24.7 Å². The summed E-state index contributed by atoms with van der Waals surface area (Å²) in [5, 5.41) is 0. The Hall–Kier alpha value is -5.66. The Labute approximate surface area is 278 Å². The molecule has 1 atom stereocenters. The molecular weight excluding hydrogens is 567 g/mol. The molecule has 0 aromatic heterocycles. The minimum Gasteiger partial charge on any atom is -0.310 e. The number of rotatable bonds is 6. The molecule has 0 saturated heterocycles. The van der Waals surface area contributed by atoms with E-state index in [9.17, 15) is 0 Å². The maximum absolute atomic E-state index is 2.42. The third kappa shape index (κ3) is 4.62. The number of hydrogen-bond donors (Lipinski definition) is 0. The van der Waals surface area contributed by atoms with Crippen LogP contribution >= 0.6 is 0 Å². The molecule has 1 aliphatic carbocycles. The van der Waals surface area contributed by atoms with Gasteiger partial charge in [0.15, 0.2) is 0 Å². The first kappa shape index (κ1) is 28.8. The molecule has 226 valence electrons. The van der Waals surface area contributed by atoms with Crippen LogP contribution in [-0.4, -0.2) is 0 Å². The second-order valence-corrected chi connectivity index (χ2v) is 13.0. The summed E-state index contributed by atoms with van der Waals surface area (Å²) in [6, 6.07) is 68.6. The van der Waals surface area contributed by atoms with E-state index < -0.39 is 5.41 Å². The van der Waals surface area contributed by atoms with Crippen molar-refractivity contribution in [1.29, 1.82) is 0 Å². The summed E-state index contributed by atoms with van der Waals surface area (Å²) in [5.74, 6) is 0. The second-order valence-electron chi connectivity index (χ2n) is 13.0. The van der Waals surface area contributed by atoms with Crippen molar-refractivity contribution in [1.82, 2.24) is 0 Å². The molecule has 0 saturated carbocycles. The van der Waals surface area contributed by atoms with Gasteiger partial charge >= 0.3 is 0 Å². The van der Waals surface area contributed by atoms with Gasteiger partial charge in [-0.2, -0.15) is 0 Å². The number of fused-ring (bicyclic) bond motifs is 3. The predicted octanol–water partition coefficient (Wildman–Crippen LogP) is 12.1. The van der Waals surface area contributed by atoms with Crippen LogP contribution in [0, 0.1) is 0 Å². The smallest absolute Gasteiger partial charge is 0.0548 e. The molecule has 0 spiro atoms. The second kappa shape index (κ2) is 11.6. The van der Waals surface area contributed by atoms with Crippen molar-refractivity contribution in [3.63, 3.8) is 0 Å². The number of para-hydroxylation sites is 1. The van der Waals surface area contributed by atoms with Crippen molar-refractivity contribution >= 4 is 17.1 Å². The maximum atomic E-state index is 2.42. The van der Waals surface area contributed by atoms with E-state index >= 15 is 0 Å². The third-order valence-electron chi connectivity index (χ3n) is 10.2. The molecule has 0 radical (unpaired) electrons. The summed E-state index contributed by atoms with van der Waals surface area (Å²) in [4.78, 5) is 2.36. The summed E-state index contributed by atoms with van der Waals surface area (Å²) >= 11 is 0. The highest BCUT2D eigenvalue weighted by Gasteiger charge is 2.54. The molecule has 0 fully saturated rings. The normalized spacial score (nSPS) is 16.1. The lowest BCUT2D eigenvalue weighted by Gasteiger charge is -2.53. The molecule has 1 aliphatic rings. The van der Waals surface area contributed by atoms with Crippen LogP contribution in [0.25, 0.3) is 22.3 Å². The highest BCUT2D eigenvalue weighted by atomic mass is 15.1. The van der Waals surface area contributed by atoms with Gasteiger partial charge in [0.2, 0.25) is 0 Å². The van der Waals surface area contributed by atoms with E-state index in [1.165, 1.54) is 44.5 Å². The van der Waals surface area contributed by atoms with Gasteiger partial charge in [-0.3, -0.25) is 0 Å². The van der Waals surface area contributed by atoms with Crippen molar-refractivity contribution in [2.75, 3.05) is 4.90 Å². The monoisotopic (exact) mass is 603 g/mol. The summed E-state index contributed by atoms with van der Waals surface area (Å²) in [5.41, 5.74) is 13.0. The zero-order valence-corrected chi connectivity index (χ0v) is 26.8. The topological polar surface area (TPSA) is 3.24 Å². The number of benzene rings is 7. The zero-order valence-electron chi connectivity index (χ0n) is 26.8. The molecule has 8 rings (SSSR count). The molecule has 1 heteroatoms. The maximum Gasteiger partial charge on any atom is 0.0548 e. The van der Waals surface area contributed by atoms with Crippen LogP contribution in [0.5, 0.6) is 0 Å². The predicted molar refractivity (Wildman–Crippen MR) is 198 cm³/mol. The molecule has 0 N–H and O–H groups in total. The van der Waals surface area contributed by atoms with Gasteiger partial charge in [-0.25, -0.2) is 0 Å². The Kier molecular flexibility index (Phi) is 7.11. The van der Waals surface area contributed by atoms with Crippen LogP contribution in [0.1, 0.15) is 36.1 Å². The van der Waals surface area contributed by atoms with Crippen LogP contribution in [-0.2, 0) is 10.8 Å². The summed E-state index contributed by atoms with van der Waals surface area (Å²) in [6.45, 7) is 4.85. The molecule has 0 aliphatic heterocycles. The van der Waals surface area contributed by atoms with Crippen molar-refractivity contribution in [3.8, 4) is 22.3 Å². The zero-order chi connectivity index (χ0) is 31.8. The lowest BCUT2D eigenvalue weighted by Crippen LogP contribution is -2.49. The molecule has 0 heterocycles. The van der Waals surface area contributed by atoms with Gasteiger partial charge < -0.3 is 4.90 Å². The fourth-order valence-corrected chi connectivity index (χ4v) is 8.07. The minimum atomic E-state index is -0.414. The minimum absolute atomic E-state index is 0.246. The molecule has 1 nitrogen and oxygen atoms in total. The first-order valence-electron chi connectivity index (χ1n) is 16.5. The van der Waals surface area contributed by atoms with E-state index in [2.05, 4.69) is 207 Å². The van der Waals surface area contributed by atoms with Crippen LogP contribution in [0.4, 0.5) is 17.1 Å². The van der Waals surface area contributed by atoms with Crippen LogP contribution in [0.15, 0.2) is 188 Å². The fraction of sp³-hybridized carbons (Fsp3) is 0.0870. The van der Waals surface area contributed by atoms with Crippen molar-refractivity contribution in [2.24, 2.45) is 0 Å². The van der Waals surface area contributed by atoms with E-state index in [0.717, 1.165) is 17.1 Å². The largest absolute Gasteiger partial charge is 0.310 e. The van der Waals surface area contributed by atoms with Gasteiger partial charge in [-0.1, -0.05) is 166 Å². The van der Waals surface area contributed by atoms with Gasteiger partial charge in [0.1, 0.15) is 0 Å². The van der Waals surface area contributed by atoms with Crippen LogP contribution < -0.4 is 4.90 Å². The third-order valence-corrected chi connectivity index (χ3v) is 10.2. The Balaban J connectivity index is 1.33. The number of nitrogens with zero attached hydrogens (tertiary/aromatic N) is 1. The van der Waals surface area contributed by atoms with Crippen molar-refractivity contribution < 1.29 is 0 Å². The summed E-state index contributed by atoms with van der Waals surface area (Å²) in [6.07, 6.45) is 0. The molecule has 0 bridgehead atoms. The highest BCUT2D eigenvalue weighted by Crippen LogP contribution is 2.60. The first-order valence-corrected chi connectivity index (χ1v) is 16.5. The standard InChI is InChI=1S/C46H37N/c1-45(2)43-27-14-12-25-41(43)42-26-13-15-28-44(42)46(45,36-20-8-4-9-21-36)37-29-31-39(32-30-37)47(38-22-10-5-11-23-38)40-24-16-19-35(33-40)34-17-6-3-7-18-34/h3-33H,1-2H3. The Morgan fingerprint density at radius 1 is 0.362 bits per heavy atom. The van der Waals surface area contributed by atoms with E-state index in [1.54, 1.807) is 0 Å². The molecule has 7 aromatic rings. The molecule has 1 unspecified atom stereocenters. The number of hydrogen-bond acceptors (Lipinski definition) is 1. The van der Waals surface area contributed by atoms with Crippen LogP contribution in [0.3, 0.4) is 0 Å². The van der Waals surface area contributed by atoms with Gasteiger partial charge in [-0.15, -0.1) is 0 Å². The fourth-order valence-electron chi connectivity index (χ4n) is 8.07. The summed E-state index contributed by atoms with van der Waals surface area (Å²) < 4.78 is 0. The number of anilines is 3. The van der Waals surface area contributed by atoms with E-state index in [4.69, 9.17) is 0 Å². The van der Waals surface area contributed by atoms with Crippen LogP contribution in [0.2, 0.25) is 0 Å². The molecule has 7 aromatic carbocycles. The molecular formula is C46H37N. The lowest BCUT2D eigenvalue weighted by atomic mass is 9.49. The Bertz CT molecular complexity index is 2150.